The lowest BCUT2D eigenvalue weighted by atomic mass is 10.3. The maximum absolute atomic E-state index is 13.9. The monoisotopic (exact) mass is 455 g/mol. The number of benzene rings is 1. The number of imidazole rings is 1. The highest BCUT2D eigenvalue weighted by Gasteiger charge is 2.24. The Balaban J connectivity index is 1.65. The Morgan fingerprint density at radius 3 is 2.58 bits per heavy atom. The summed E-state index contributed by atoms with van der Waals surface area (Å²) in [6, 6.07) is 6.82. The highest BCUT2D eigenvalue weighted by atomic mass is 19.3. The maximum Gasteiger partial charge on any atom is 0.296 e. The lowest BCUT2D eigenvalue weighted by Gasteiger charge is -2.27. The SMILES string of the molecule is COc1cncc(Nc2nc(N3CCOCC3)nc(-n3c(C(F)F)nc4ccccc43)n2)n1. The van der Waals surface area contributed by atoms with Gasteiger partial charge in [-0.05, 0) is 12.1 Å². The number of hydrogen-bond acceptors (Lipinski definition) is 10. The Morgan fingerprint density at radius 1 is 1.00 bits per heavy atom. The third-order valence-electron chi connectivity index (χ3n) is 4.95. The zero-order valence-electron chi connectivity index (χ0n) is 17.5. The molecular weight excluding hydrogens is 436 g/mol. The van der Waals surface area contributed by atoms with Gasteiger partial charge in [0.15, 0.2) is 11.6 Å². The molecule has 0 bridgehead atoms. The Labute approximate surface area is 186 Å². The molecule has 4 aromatic rings. The van der Waals surface area contributed by atoms with Gasteiger partial charge in [0.05, 0.1) is 43.8 Å². The molecule has 1 fully saturated rings. The standard InChI is InChI=1S/C20H19F2N9O2/c1-32-15-11-23-10-14(25-15)26-18-27-19(30-6-8-33-9-7-30)29-20(28-18)31-13-5-3-2-4-12(13)24-17(31)16(21)22/h2-5,10-11,16H,6-9H2,1H3,(H,25,26,27,28,29). The molecule has 13 heteroatoms. The molecule has 0 spiro atoms. The molecular formula is C20H19F2N9O2. The van der Waals surface area contributed by atoms with Gasteiger partial charge in [-0.25, -0.2) is 13.8 Å². The molecule has 11 nitrogen and oxygen atoms in total. The minimum Gasteiger partial charge on any atom is -0.480 e. The van der Waals surface area contributed by atoms with Gasteiger partial charge in [0.25, 0.3) is 6.43 Å². The molecule has 0 aliphatic carbocycles. The van der Waals surface area contributed by atoms with Crippen molar-refractivity contribution in [2.45, 2.75) is 6.43 Å². The van der Waals surface area contributed by atoms with Crippen molar-refractivity contribution in [2.24, 2.45) is 0 Å². The third-order valence-corrected chi connectivity index (χ3v) is 4.95. The van der Waals surface area contributed by atoms with Gasteiger partial charge in [0.2, 0.25) is 23.7 Å². The number of fused-ring (bicyclic) bond motifs is 1. The first-order valence-electron chi connectivity index (χ1n) is 10.1. The van der Waals surface area contributed by atoms with Crippen molar-refractivity contribution in [3.8, 4) is 11.8 Å². The van der Waals surface area contributed by atoms with E-state index in [4.69, 9.17) is 9.47 Å². The molecule has 1 aromatic carbocycles. The van der Waals surface area contributed by atoms with E-state index in [0.29, 0.717) is 55.0 Å². The van der Waals surface area contributed by atoms with Gasteiger partial charge in [-0.3, -0.25) is 9.55 Å². The molecule has 170 valence electrons. The molecule has 33 heavy (non-hydrogen) atoms. The number of ether oxygens (including phenoxy) is 2. The second-order valence-electron chi connectivity index (χ2n) is 7.02. The summed E-state index contributed by atoms with van der Waals surface area (Å²) in [7, 11) is 1.47. The molecule has 5 rings (SSSR count). The van der Waals surface area contributed by atoms with Gasteiger partial charge in [-0.1, -0.05) is 12.1 Å². The second-order valence-corrected chi connectivity index (χ2v) is 7.02. The van der Waals surface area contributed by atoms with Crippen molar-refractivity contribution >= 4 is 28.7 Å². The minimum atomic E-state index is -2.83. The quantitative estimate of drug-likeness (QED) is 0.465. The van der Waals surface area contributed by atoms with Crippen molar-refractivity contribution in [2.75, 3.05) is 43.6 Å². The summed E-state index contributed by atoms with van der Waals surface area (Å²) in [5.74, 6) is 0.602. The van der Waals surface area contributed by atoms with Gasteiger partial charge >= 0.3 is 0 Å². The molecule has 0 atom stereocenters. The molecule has 1 aliphatic rings. The number of morpholine rings is 1. The van der Waals surface area contributed by atoms with Gasteiger partial charge in [0.1, 0.15) is 0 Å². The summed E-state index contributed by atoms with van der Waals surface area (Å²) in [5.41, 5.74) is 0.869. The highest BCUT2D eigenvalue weighted by molar-refractivity contribution is 5.77. The van der Waals surface area contributed by atoms with Crippen LogP contribution < -0.4 is 15.0 Å². The predicted molar refractivity (Wildman–Crippen MR) is 114 cm³/mol. The van der Waals surface area contributed by atoms with Crippen LogP contribution in [0.3, 0.4) is 0 Å². The number of nitrogens with zero attached hydrogens (tertiary/aromatic N) is 8. The second kappa shape index (κ2) is 8.86. The van der Waals surface area contributed by atoms with E-state index in [2.05, 4.69) is 35.2 Å². The molecule has 4 heterocycles. The zero-order chi connectivity index (χ0) is 22.8. The molecule has 0 amide bonds. The molecule has 1 saturated heterocycles. The number of methoxy groups -OCH3 is 1. The van der Waals surface area contributed by atoms with Crippen molar-refractivity contribution in [1.29, 1.82) is 0 Å². The lowest BCUT2D eigenvalue weighted by molar-refractivity contribution is 0.122. The summed E-state index contributed by atoms with van der Waals surface area (Å²) in [4.78, 5) is 27.7. The Hall–Kier alpha value is -4.00. The number of alkyl halides is 2. The van der Waals surface area contributed by atoms with Crippen LogP contribution in [-0.2, 0) is 4.74 Å². The zero-order valence-corrected chi connectivity index (χ0v) is 17.5. The fourth-order valence-electron chi connectivity index (χ4n) is 3.44. The first-order valence-corrected chi connectivity index (χ1v) is 10.1. The van der Waals surface area contributed by atoms with Crippen LogP contribution >= 0.6 is 0 Å². The van der Waals surface area contributed by atoms with Crippen molar-refractivity contribution in [1.82, 2.24) is 34.5 Å². The van der Waals surface area contributed by atoms with Gasteiger partial charge in [-0.2, -0.15) is 19.9 Å². The molecule has 3 aromatic heterocycles. The summed E-state index contributed by atoms with van der Waals surface area (Å²) in [5, 5.41) is 2.96. The fraction of sp³-hybridized carbons (Fsp3) is 0.300. The number of anilines is 3. The first-order chi connectivity index (χ1) is 16.1. The summed E-state index contributed by atoms with van der Waals surface area (Å²) in [6.45, 7) is 2.10. The summed E-state index contributed by atoms with van der Waals surface area (Å²) >= 11 is 0. The number of nitrogens with one attached hydrogen (secondary N) is 1. The third kappa shape index (κ3) is 4.22. The van der Waals surface area contributed by atoms with Crippen LogP contribution in [-0.4, -0.2) is 67.9 Å². The topological polar surface area (TPSA) is 116 Å². The van der Waals surface area contributed by atoms with E-state index in [1.54, 1.807) is 24.3 Å². The number of halogens is 2. The van der Waals surface area contributed by atoms with E-state index in [9.17, 15) is 8.78 Å². The normalized spacial score (nSPS) is 14.1. The van der Waals surface area contributed by atoms with E-state index < -0.39 is 12.2 Å². The smallest absolute Gasteiger partial charge is 0.296 e. The van der Waals surface area contributed by atoms with Crippen LogP contribution in [0.4, 0.5) is 26.5 Å². The van der Waals surface area contributed by atoms with Crippen LogP contribution in [0.25, 0.3) is 17.0 Å². The van der Waals surface area contributed by atoms with Gasteiger partial charge in [0, 0.05) is 13.1 Å². The van der Waals surface area contributed by atoms with E-state index in [0.717, 1.165) is 0 Å². The number of para-hydroxylation sites is 2. The van der Waals surface area contributed by atoms with E-state index >= 15 is 0 Å². The van der Waals surface area contributed by atoms with E-state index in [-0.39, 0.29) is 11.9 Å². The number of hydrogen-bond donors (Lipinski definition) is 1. The minimum absolute atomic E-state index is 0.00819. The predicted octanol–water partition coefficient (Wildman–Crippen LogP) is 2.53. The van der Waals surface area contributed by atoms with Crippen LogP contribution in [0, 0.1) is 0 Å². The fourth-order valence-corrected chi connectivity index (χ4v) is 3.44. The van der Waals surface area contributed by atoms with Crippen LogP contribution in [0.1, 0.15) is 12.2 Å². The first kappa shape index (κ1) is 20.9. The number of rotatable bonds is 6. The molecule has 0 unspecified atom stereocenters. The van der Waals surface area contributed by atoms with Crippen molar-refractivity contribution in [3.63, 3.8) is 0 Å². The number of aromatic nitrogens is 7. The maximum atomic E-state index is 13.9. The van der Waals surface area contributed by atoms with Crippen molar-refractivity contribution < 1.29 is 18.3 Å². The van der Waals surface area contributed by atoms with Crippen LogP contribution in [0.15, 0.2) is 36.7 Å². The van der Waals surface area contributed by atoms with Crippen LogP contribution in [0.2, 0.25) is 0 Å². The van der Waals surface area contributed by atoms with Gasteiger partial charge < -0.3 is 19.7 Å². The van der Waals surface area contributed by atoms with E-state index in [1.165, 1.54) is 24.1 Å². The Kier molecular flexibility index (Phi) is 5.60. The molecule has 1 N–H and O–H groups in total. The molecule has 1 aliphatic heterocycles. The highest BCUT2D eigenvalue weighted by Crippen LogP contribution is 2.28. The molecule has 0 radical (unpaired) electrons. The Morgan fingerprint density at radius 2 is 1.79 bits per heavy atom. The van der Waals surface area contributed by atoms with Crippen molar-refractivity contribution in [3.05, 3.63) is 42.5 Å². The average Bonchev–Trinajstić information content (AvgIpc) is 3.25. The van der Waals surface area contributed by atoms with Crippen LogP contribution in [0.5, 0.6) is 5.88 Å². The molecule has 0 saturated carbocycles. The lowest BCUT2D eigenvalue weighted by Crippen LogP contribution is -2.37. The van der Waals surface area contributed by atoms with Gasteiger partial charge in [-0.15, -0.1) is 0 Å². The Bertz CT molecular complexity index is 1280. The summed E-state index contributed by atoms with van der Waals surface area (Å²) < 4.78 is 39.6. The largest absolute Gasteiger partial charge is 0.480 e. The average molecular weight is 455 g/mol. The summed E-state index contributed by atoms with van der Waals surface area (Å²) in [6.07, 6.45) is 0.0921. The van der Waals surface area contributed by atoms with E-state index in [1.807, 2.05) is 4.90 Å².